The van der Waals surface area contributed by atoms with Gasteiger partial charge in [-0.3, -0.25) is 55.4 Å². The third-order valence-corrected chi connectivity index (χ3v) is 22.5. The van der Waals surface area contributed by atoms with Gasteiger partial charge in [0.05, 0.1) is 36.5 Å². The van der Waals surface area contributed by atoms with E-state index in [4.69, 9.17) is 43.6 Å². The predicted octanol–water partition coefficient (Wildman–Crippen LogP) is -0.107. The number of rotatable bonds is 27. The van der Waals surface area contributed by atoms with Gasteiger partial charge >= 0.3 is 64.0 Å². The lowest BCUT2D eigenvalue weighted by molar-refractivity contribution is -0.0571. The molecule has 0 spiro atoms. The lowest BCUT2D eigenvalue weighted by atomic mass is 10.1. The minimum Gasteiger partial charge on any atom is -0.387 e. The van der Waals surface area contributed by atoms with Crippen LogP contribution in [-0.2, 0) is 106 Å². The number of phosphoric acid groups is 6. The van der Waals surface area contributed by atoms with Crippen LogP contribution in [0.4, 0.5) is 26.3 Å². The number of hydrogen-bond acceptors (Lipinski definition) is 27. The van der Waals surface area contributed by atoms with Gasteiger partial charge in [-0.25, -0.2) is 50.6 Å². The molecule has 0 bridgehead atoms. The molecule has 9 rings (SSSR count). The van der Waals surface area contributed by atoms with Gasteiger partial charge in [0.1, 0.15) is 66.6 Å². The van der Waals surface area contributed by atoms with E-state index >= 15 is 0 Å². The molecule has 6 heterocycles. The fourth-order valence-corrected chi connectivity index (χ4v) is 15.7. The molecule has 3 saturated heterocycles. The van der Waals surface area contributed by atoms with Gasteiger partial charge in [-0.15, -0.1) is 0 Å². The summed E-state index contributed by atoms with van der Waals surface area (Å²) in [5.41, 5.74) is -7.50. The average molecular weight is 1790 g/mol. The van der Waals surface area contributed by atoms with Crippen molar-refractivity contribution >= 4 is 69.5 Å². The number of aryl methyl sites for hydroxylation is 3. The molecule has 6 unspecified atom stereocenters. The zero-order valence-corrected chi connectivity index (χ0v) is 61.9. The number of phosphoric ester groups is 3. The van der Waals surface area contributed by atoms with Crippen molar-refractivity contribution in [3.63, 3.8) is 0 Å². The van der Waals surface area contributed by atoms with Gasteiger partial charge in [0.25, 0.3) is 28.5 Å². The van der Waals surface area contributed by atoms with E-state index in [9.17, 15) is 128 Å². The van der Waals surface area contributed by atoms with Crippen molar-refractivity contribution < 1.29 is 169 Å². The minimum absolute atomic E-state index is 0.00840. The van der Waals surface area contributed by atoms with Crippen LogP contribution in [0.15, 0.2) is 126 Å². The van der Waals surface area contributed by atoms with Crippen molar-refractivity contribution in [2.75, 3.05) is 19.8 Å². The smallest absolute Gasteiger partial charge is 0.387 e. The second-order valence-corrected chi connectivity index (χ2v) is 32.8. The number of halogens is 7. The molecule has 6 aromatic rings. The molecular formula is C53H63F6IN6O36P6. The zero-order chi connectivity index (χ0) is 81.1. The van der Waals surface area contributed by atoms with E-state index < -0.39 is 222 Å². The Bertz CT molecular complexity index is 4730. The fourth-order valence-electron chi connectivity index (χ4n) is 10.3. The highest BCUT2D eigenvalue weighted by molar-refractivity contribution is 14.1. The largest absolute Gasteiger partial charge is 0.481 e. The van der Waals surface area contributed by atoms with Crippen LogP contribution in [0.25, 0.3) is 0 Å². The number of ether oxygens (including phenoxy) is 3. The number of alkyl halides is 4. The Labute approximate surface area is 611 Å². The Morgan fingerprint density at radius 1 is 0.454 bits per heavy atom. The van der Waals surface area contributed by atoms with Crippen molar-refractivity contribution in [3.05, 3.63) is 203 Å². The lowest BCUT2D eigenvalue weighted by Crippen LogP contribution is -2.46. The molecule has 3 aliphatic heterocycles. The molecule has 42 nitrogen and oxygen atoms in total. The molecule has 3 aliphatic rings. The molecule has 0 amide bonds. The molecule has 600 valence electrons. The summed E-state index contributed by atoms with van der Waals surface area (Å²) in [6.45, 7) is -3.53. The summed E-state index contributed by atoms with van der Waals surface area (Å²) in [4.78, 5) is 156. The van der Waals surface area contributed by atoms with E-state index in [0.29, 0.717) is 15.2 Å². The number of hydrogen-bond donors (Lipinski definition) is 15. The maximum Gasteiger partial charge on any atom is 0.481 e. The van der Waals surface area contributed by atoms with Crippen LogP contribution in [0.2, 0.25) is 0 Å². The van der Waals surface area contributed by atoms with Crippen LogP contribution in [-0.4, -0.2) is 177 Å². The van der Waals surface area contributed by atoms with Crippen molar-refractivity contribution in [2.24, 2.45) is 0 Å². The molecule has 0 aliphatic carbocycles. The van der Waals surface area contributed by atoms with Crippen molar-refractivity contribution in [3.8, 4) is 0 Å². The fraction of sp³-hybridized carbons (Fsp3) is 0.434. The summed E-state index contributed by atoms with van der Waals surface area (Å²) in [5, 5.41) is 61.8. The van der Waals surface area contributed by atoms with E-state index in [1.54, 1.807) is 0 Å². The second kappa shape index (κ2) is 35.2. The van der Waals surface area contributed by atoms with E-state index in [-0.39, 0.29) is 42.4 Å². The summed E-state index contributed by atoms with van der Waals surface area (Å²) in [6, 6.07) is 15.7. The molecule has 0 radical (unpaired) electrons. The molecule has 3 fully saturated rings. The first-order valence-electron chi connectivity index (χ1n) is 29.9. The molecule has 55 heteroatoms. The van der Waals surface area contributed by atoms with Crippen molar-refractivity contribution in [2.45, 2.75) is 125 Å². The number of nitrogens with zero attached hydrogens (tertiary/aromatic N) is 6. The van der Waals surface area contributed by atoms with E-state index in [1.165, 1.54) is 72.8 Å². The van der Waals surface area contributed by atoms with Crippen LogP contribution < -0.4 is 33.7 Å². The minimum atomic E-state index is -5.43. The standard InChI is InChI=1S/2C18H22F2N2O12P2.C17H19F2IN2O12P2/c1-9-7-22(18(26)21(16(9)25)5-4-10-2-3-11(19)6-12(10)20)17-15(24)14(23)13(33-17)8-32-36(30,31)34-35(27,28)29;1-10-7-21(17(26)22(15(10)25)9-18(19,20)11-5-3-2-4-6-11)16-14(24)13(23)12(33-16)8-32-36(30,31)34-35(27,28)29;18-17(19,9-4-2-1-3-5-9)8-22-14(25)10(20)6-21(16(22)26)15-13(24)12(23)11(33-15)7-32-36(30,31)34-35(27,28)29/h2-3,6-7,13-15,17,23-24H,4-5,8H2,1H3,(H,30,31)(H2,27,28,29);2-7,12-14,16,23-24H,8-9H2,1H3,(H,30,31)(H2,27,28,29);1-6,11-13,15,23-24H,7-8H2,(H,30,31)(H2,27,28,29)/t13-,14+,15?,17-;12-,13+,14?,16-;11-,12+,13?,15-/m111/s1. The highest BCUT2D eigenvalue weighted by Gasteiger charge is 2.50. The number of benzene rings is 3. The van der Waals surface area contributed by atoms with Gasteiger partial charge in [0.15, 0.2) is 18.7 Å². The highest BCUT2D eigenvalue weighted by atomic mass is 127. The first-order chi connectivity index (χ1) is 49.6. The van der Waals surface area contributed by atoms with Crippen LogP contribution >= 0.6 is 69.5 Å². The molecular weight excluding hydrogens is 1720 g/mol. The summed E-state index contributed by atoms with van der Waals surface area (Å²) < 4.78 is 196. The normalized spacial score (nSPS) is 24.4. The molecule has 15 N–H and O–H groups in total. The quantitative estimate of drug-likeness (QED) is 0.0182. The Kier molecular flexibility index (Phi) is 29.2. The Morgan fingerprint density at radius 3 is 1.10 bits per heavy atom. The van der Waals surface area contributed by atoms with E-state index in [1.807, 2.05) is 0 Å². The van der Waals surface area contributed by atoms with Gasteiger partial charge in [-0.05, 0) is 54.5 Å². The lowest BCUT2D eigenvalue weighted by Gasteiger charge is -2.22. The van der Waals surface area contributed by atoms with Gasteiger partial charge in [-0.2, -0.15) is 30.5 Å². The molecule has 0 saturated carbocycles. The first-order valence-corrected chi connectivity index (χ1v) is 40.0. The Hall–Kier alpha value is -5.57. The first kappa shape index (κ1) is 89.6. The predicted molar refractivity (Wildman–Crippen MR) is 352 cm³/mol. The van der Waals surface area contributed by atoms with Crippen LogP contribution in [0.3, 0.4) is 0 Å². The van der Waals surface area contributed by atoms with E-state index in [2.05, 4.69) is 26.5 Å². The SMILES string of the molecule is Cc1cn([C@@H]2O[C@H](COP(=O)(O)OP(=O)(O)O)[C@H](O)C2O)c(=O)n(CC(F)(F)c2ccccc2)c1=O.Cc1cn([C@@H]2O[C@H](COP(=O)(O)OP(=O)(O)O)[C@H](O)C2O)c(=O)n(CCc2ccc(F)cc2F)c1=O.O=c1c(I)cn([C@@H]2O[C@H](COP(=O)(O)OP(=O)(O)O)[C@H](O)C2O)c(=O)n1CC(F)(F)c1ccccc1. The highest BCUT2D eigenvalue weighted by Crippen LogP contribution is 2.60. The molecule has 3 aromatic heterocycles. The average Bonchev–Trinajstić information content (AvgIpc) is 1.47. The summed E-state index contributed by atoms with van der Waals surface area (Å²) in [6.07, 6.45) is -18.4. The topological polar surface area (TPSA) is 621 Å². The number of aliphatic hydroxyl groups is 6. The third kappa shape index (κ3) is 23.3. The summed E-state index contributed by atoms with van der Waals surface area (Å²) in [5.74, 6) is -8.96. The van der Waals surface area contributed by atoms with Gasteiger partial charge in [0.2, 0.25) is 0 Å². The number of aromatic nitrogens is 6. The van der Waals surface area contributed by atoms with Crippen LogP contribution in [0.5, 0.6) is 0 Å². The van der Waals surface area contributed by atoms with Crippen molar-refractivity contribution in [1.82, 2.24) is 27.4 Å². The summed E-state index contributed by atoms with van der Waals surface area (Å²) >= 11 is 1.48. The van der Waals surface area contributed by atoms with Gasteiger partial charge in [-0.1, -0.05) is 66.7 Å². The monoisotopic (exact) mass is 1790 g/mol. The van der Waals surface area contributed by atoms with Gasteiger partial charge in [0, 0.05) is 53.5 Å². The molecule has 108 heavy (non-hydrogen) atoms. The maximum atomic E-state index is 14.8. The number of aliphatic hydroxyl groups excluding tert-OH is 6. The van der Waals surface area contributed by atoms with Crippen molar-refractivity contribution in [1.29, 1.82) is 0 Å². The summed E-state index contributed by atoms with van der Waals surface area (Å²) in [7, 11) is -32.2. The molecule has 15 atom stereocenters. The Morgan fingerprint density at radius 2 is 0.769 bits per heavy atom. The van der Waals surface area contributed by atoms with Crippen LogP contribution in [0, 0.1) is 29.1 Å². The Balaban J connectivity index is 0.000000226. The third-order valence-electron chi connectivity index (χ3n) is 15.3. The molecule has 3 aromatic carbocycles. The van der Waals surface area contributed by atoms with Crippen LogP contribution in [0.1, 0.15) is 46.5 Å². The maximum absolute atomic E-state index is 14.8. The zero-order valence-electron chi connectivity index (χ0n) is 54.4. The second-order valence-electron chi connectivity index (χ2n) is 23.2. The van der Waals surface area contributed by atoms with Gasteiger partial charge < -0.3 is 88.9 Å². The van der Waals surface area contributed by atoms with E-state index in [0.717, 1.165) is 64.1 Å².